The van der Waals surface area contributed by atoms with E-state index >= 15 is 0 Å². The highest BCUT2D eigenvalue weighted by Crippen LogP contribution is 2.52. The van der Waals surface area contributed by atoms with Gasteiger partial charge in [0.25, 0.3) is 0 Å². The Morgan fingerprint density at radius 3 is 2.40 bits per heavy atom. The first-order valence-electron chi connectivity index (χ1n) is 9.77. The lowest BCUT2D eigenvalue weighted by Gasteiger charge is -2.57. The first-order chi connectivity index (χ1) is 12.1. The Morgan fingerprint density at radius 1 is 1.20 bits per heavy atom. The summed E-state index contributed by atoms with van der Waals surface area (Å²) in [4.78, 5) is 15.4. The first-order valence-corrected chi connectivity index (χ1v) is 9.77. The minimum absolute atomic E-state index is 0.119. The summed E-state index contributed by atoms with van der Waals surface area (Å²) in [5, 5.41) is 10.4. The number of hydrogen-bond acceptors (Lipinski definition) is 3. The molecule has 4 nitrogen and oxygen atoms in total. The highest BCUT2D eigenvalue weighted by Gasteiger charge is 2.57. The number of carbonyl (C=O) groups is 1. The number of rotatable bonds is 4. The molecule has 4 rings (SSSR count). The quantitative estimate of drug-likeness (QED) is 0.914. The fourth-order valence-electron chi connectivity index (χ4n) is 5.16. The molecular weight excluding hydrogens is 314 g/mol. The van der Waals surface area contributed by atoms with E-state index in [2.05, 4.69) is 12.1 Å². The molecule has 0 unspecified atom stereocenters. The maximum atomic E-state index is 13.3. The lowest BCUT2D eigenvalue weighted by molar-refractivity contribution is -0.211. The molecule has 2 saturated carbocycles. The second-order valence-electron chi connectivity index (χ2n) is 8.02. The SMILES string of the molecule is CCO[C@H]1C[C@H](O)C12CCN(C(=O)C1(c3ccccc3)CCC1)CC2. The number of amides is 1. The lowest BCUT2D eigenvalue weighted by Crippen LogP contribution is -2.64. The molecule has 1 amide bonds. The number of aliphatic hydroxyl groups is 1. The van der Waals surface area contributed by atoms with E-state index < -0.39 is 0 Å². The van der Waals surface area contributed by atoms with Gasteiger partial charge in [-0.1, -0.05) is 36.8 Å². The van der Waals surface area contributed by atoms with Gasteiger partial charge in [-0.2, -0.15) is 0 Å². The highest BCUT2D eigenvalue weighted by molar-refractivity contribution is 5.89. The van der Waals surface area contributed by atoms with Gasteiger partial charge in [-0.15, -0.1) is 0 Å². The van der Waals surface area contributed by atoms with Crippen molar-refractivity contribution in [1.82, 2.24) is 4.90 Å². The maximum absolute atomic E-state index is 13.3. The smallest absolute Gasteiger partial charge is 0.233 e. The Balaban J connectivity index is 1.46. The van der Waals surface area contributed by atoms with E-state index in [0.717, 1.165) is 51.6 Å². The third-order valence-electron chi connectivity index (χ3n) is 7.03. The zero-order chi connectivity index (χ0) is 17.5. The third kappa shape index (κ3) is 2.53. The zero-order valence-electron chi connectivity index (χ0n) is 15.1. The van der Waals surface area contributed by atoms with E-state index in [4.69, 9.17) is 4.74 Å². The minimum atomic E-state index is -0.302. The number of likely N-dealkylation sites (tertiary alicyclic amines) is 1. The van der Waals surface area contributed by atoms with E-state index in [1.54, 1.807) is 0 Å². The average Bonchev–Trinajstić information content (AvgIpc) is 2.62. The molecular formula is C21H29NO3. The van der Waals surface area contributed by atoms with Crippen molar-refractivity contribution in [2.24, 2.45) is 5.41 Å². The van der Waals surface area contributed by atoms with E-state index in [0.29, 0.717) is 12.5 Å². The van der Waals surface area contributed by atoms with Crippen molar-refractivity contribution < 1.29 is 14.6 Å². The molecule has 3 aliphatic rings. The second kappa shape index (κ2) is 6.40. The van der Waals surface area contributed by atoms with Crippen LogP contribution in [-0.4, -0.2) is 47.8 Å². The summed E-state index contributed by atoms with van der Waals surface area (Å²) >= 11 is 0. The van der Waals surface area contributed by atoms with Crippen LogP contribution in [0.25, 0.3) is 0 Å². The Hall–Kier alpha value is -1.39. The lowest BCUT2D eigenvalue weighted by atomic mass is 9.58. The van der Waals surface area contributed by atoms with E-state index in [9.17, 15) is 9.90 Å². The van der Waals surface area contributed by atoms with Crippen LogP contribution in [-0.2, 0) is 14.9 Å². The van der Waals surface area contributed by atoms with Gasteiger partial charge in [0.2, 0.25) is 5.91 Å². The predicted molar refractivity (Wildman–Crippen MR) is 96.3 cm³/mol. The Bertz CT molecular complexity index is 615. The van der Waals surface area contributed by atoms with Crippen molar-refractivity contribution >= 4 is 5.91 Å². The van der Waals surface area contributed by atoms with Crippen LogP contribution in [0.4, 0.5) is 0 Å². The van der Waals surface area contributed by atoms with Crippen molar-refractivity contribution in [3.05, 3.63) is 35.9 Å². The Morgan fingerprint density at radius 2 is 1.88 bits per heavy atom. The molecule has 2 atom stereocenters. The Labute approximate surface area is 150 Å². The van der Waals surface area contributed by atoms with Gasteiger partial charge in [0.15, 0.2) is 0 Å². The fraction of sp³-hybridized carbons (Fsp3) is 0.667. The molecule has 25 heavy (non-hydrogen) atoms. The van der Waals surface area contributed by atoms with E-state index in [1.807, 2.05) is 30.0 Å². The molecule has 1 aromatic rings. The van der Waals surface area contributed by atoms with E-state index in [1.165, 1.54) is 5.56 Å². The largest absolute Gasteiger partial charge is 0.392 e. The first kappa shape index (κ1) is 17.0. The summed E-state index contributed by atoms with van der Waals surface area (Å²) in [5.41, 5.74) is 0.748. The molecule has 1 spiro atoms. The molecule has 4 heteroatoms. The predicted octanol–water partition coefficient (Wildman–Crippen LogP) is 2.89. The van der Waals surface area contributed by atoms with Crippen LogP contribution >= 0.6 is 0 Å². The molecule has 2 aliphatic carbocycles. The van der Waals surface area contributed by atoms with Gasteiger partial charge < -0.3 is 14.7 Å². The topological polar surface area (TPSA) is 49.8 Å². The molecule has 1 heterocycles. The van der Waals surface area contributed by atoms with Crippen molar-refractivity contribution in [2.75, 3.05) is 19.7 Å². The normalized spacial score (nSPS) is 29.8. The average molecular weight is 343 g/mol. The molecule has 3 fully saturated rings. The van der Waals surface area contributed by atoms with Crippen LogP contribution in [0, 0.1) is 5.41 Å². The van der Waals surface area contributed by atoms with Crippen LogP contribution in [0.2, 0.25) is 0 Å². The second-order valence-corrected chi connectivity index (χ2v) is 8.02. The zero-order valence-corrected chi connectivity index (χ0v) is 15.1. The minimum Gasteiger partial charge on any atom is -0.392 e. The monoisotopic (exact) mass is 343 g/mol. The summed E-state index contributed by atoms with van der Waals surface area (Å²) in [6.45, 7) is 4.19. The molecule has 1 saturated heterocycles. The van der Waals surface area contributed by atoms with Gasteiger partial charge in [-0.3, -0.25) is 4.79 Å². The van der Waals surface area contributed by atoms with Gasteiger partial charge in [0.05, 0.1) is 17.6 Å². The number of benzene rings is 1. The number of carbonyl (C=O) groups excluding carboxylic acids is 1. The Kier molecular flexibility index (Phi) is 4.37. The summed E-state index contributed by atoms with van der Waals surface area (Å²) in [6.07, 6.45) is 5.40. The molecule has 136 valence electrons. The third-order valence-corrected chi connectivity index (χ3v) is 7.03. The van der Waals surface area contributed by atoms with Crippen LogP contribution in [0.5, 0.6) is 0 Å². The standard InChI is InChI=1S/C21H29NO3/c1-2-25-18-15-17(23)21(18)11-13-22(14-12-21)19(24)20(9-6-10-20)16-7-4-3-5-8-16/h3-5,7-8,17-18,23H,2,6,9-15H2,1H3/t17-,18-/m0/s1. The molecule has 0 bridgehead atoms. The molecule has 1 aromatic carbocycles. The number of nitrogens with zero attached hydrogens (tertiary/aromatic N) is 1. The highest BCUT2D eigenvalue weighted by atomic mass is 16.5. The molecule has 0 aromatic heterocycles. The van der Waals surface area contributed by atoms with Gasteiger partial charge in [-0.05, 0) is 38.2 Å². The van der Waals surface area contributed by atoms with Gasteiger partial charge in [0, 0.05) is 31.5 Å². The van der Waals surface area contributed by atoms with Crippen LogP contribution in [0.1, 0.15) is 51.0 Å². The van der Waals surface area contributed by atoms with Crippen molar-refractivity contribution in [2.45, 2.75) is 63.1 Å². The van der Waals surface area contributed by atoms with Crippen LogP contribution in [0.3, 0.4) is 0 Å². The number of piperidine rings is 1. The van der Waals surface area contributed by atoms with Crippen molar-refractivity contribution in [3.63, 3.8) is 0 Å². The fourth-order valence-corrected chi connectivity index (χ4v) is 5.16. The van der Waals surface area contributed by atoms with Gasteiger partial charge >= 0.3 is 0 Å². The summed E-state index contributed by atoms with van der Waals surface area (Å²) < 4.78 is 5.84. The number of aliphatic hydroxyl groups excluding tert-OH is 1. The summed E-state index contributed by atoms with van der Waals surface area (Å²) in [5.74, 6) is 0.293. The summed E-state index contributed by atoms with van der Waals surface area (Å²) in [6, 6.07) is 10.3. The molecule has 1 aliphatic heterocycles. The number of ether oxygens (including phenoxy) is 1. The van der Waals surface area contributed by atoms with Crippen LogP contribution in [0.15, 0.2) is 30.3 Å². The summed E-state index contributed by atoms with van der Waals surface area (Å²) in [7, 11) is 0. The molecule has 1 N–H and O–H groups in total. The number of hydrogen-bond donors (Lipinski definition) is 1. The van der Waals surface area contributed by atoms with E-state index in [-0.39, 0.29) is 23.0 Å². The van der Waals surface area contributed by atoms with Gasteiger partial charge in [-0.25, -0.2) is 0 Å². The van der Waals surface area contributed by atoms with Crippen molar-refractivity contribution in [1.29, 1.82) is 0 Å². The molecule has 0 radical (unpaired) electrons. The van der Waals surface area contributed by atoms with Gasteiger partial charge in [0.1, 0.15) is 0 Å². The van der Waals surface area contributed by atoms with Crippen molar-refractivity contribution in [3.8, 4) is 0 Å². The maximum Gasteiger partial charge on any atom is 0.233 e. The van der Waals surface area contributed by atoms with Crippen LogP contribution < -0.4 is 0 Å².